The number of para-hydroxylation sites is 1. The zero-order valence-corrected chi connectivity index (χ0v) is 13.6. The van der Waals surface area contributed by atoms with Gasteiger partial charge in [-0.1, -0.05) is 23.5 Å². The number of anilines is 1. The predicted octanol–water partition coefficient (Wildman–Crippen LogP) is 3.32. The molecule has 0 radical (unpaired) electrons. The van der Waals surface area contributed by atoms with Gasteiger partial charge in [-0.25, -0.2) is 4.98 Å². The molecule has 1 aromatic heterocycles. The second-order valence-electron chi connectivity index (χ2n) is 6.21. The van der Waals surface area contributed by atoms with E-state index in [1.165, 1.54) is 4.70 Å². The van der Waals surface area contributed by atoms with Crippen molar-refractivity contribution in [2.75, 3.05) is 37.8 Å². The van der Waals surface area contributed by atoms with E-state index >= 15 is 0 Å². The average molecular weight is 318 g/mol. The van der Waals surface area contributed by atoms with E-state index in [0.29, 0.717) is 12.0 Å². The Morgan fingerprint density at radius 1 is 1.23 bits per heavy atom. The van der Waals surface area contributed by atoms with Gasteiger partial charge in [-0.3, -0.25) is 0 Å². The number of nitrogens with zero attached hydrogens (tertiary/aromatic N) is 2. The Hall–Kier alpha value is -1.17. The average Bonchev–Trinajstić information content (AvgIpc) is 3.22. The van der Waals surface area contributed by atoms with Gasteiger partial charge in [0.05, 0.1) is 29.5 Å². The van der Waals surface area contributed by atoms with E-state index in [9.17, 15) is 0 Å². The molecule has 2 fully saturated rings. The molecule has 1 aromatic carbocycles. The summed E-state index contributed by atoms with van der Waals surface area (Å²) in [6.07, 6.45) is 3.77. The van der Waals surface area contributed by atoms with Gasteiger partial charge in [-0.15, -0.1) is 0 Å². The van der Waals surface area contributed by atoms with Crippen LogP contribution in [0.25, 0.3) is 10.2 Å². The molecule has 22 heavy (non-hydrogen) atoms. The summed E-state index contributed by atoms with van der Waals surface area (Å²) >= 11 is 1.80. The van der Waals surface area contributed by atoms with Gasteiger partial charge in [-0.2, -0.15) is 0 Å². The molecule has 4 rings (SSSR count). The lowest BCUT2D eigenvalue weighted by Crippen LogP contribution is -2.37. The summed E-state index contributed by atoms with van der Waals surface area (Å²) in [5.74, 6) is 0.613. The lowest BCUT2D eigenvalue weighted by molar-refractivity contribution is 0.0132. The second-order valence-corrected chi connectivity index (χ2v) is 7.22. The Labute approximate surface area is 135 Å². The van der Waals surface area contributed by atoms with Crippen molar-refractivity contribution in [3.8, 4) is 0 Å². The fourth-order valence-electron chi connectivity index (χ4n) is 3.20. The van der Waals surface area contributed by atoms with Crippen LogP contribution in [0.15, 0.2) is 24.3 Å². The van der Waals surface area contributed by atoms with Crippen LogP contribution in [0.3, 0.4) is 0 Å². The molecule has 0 N–H and O–H groups in total. The van der Waals surface area contributed by atoms with E-state index in [0.717, 1.165) is 62.8 Å². The van der Waals surface area contributed by atoms with Crippen LogP contribution in [-0.4, -0.2) is 44.0 Å². The number of hydrogen-bond acceptors (Lipinski definition) is 5. The van der Waals surface area contributed by atoms with E-state index < -0.39 is 0 Å². The van der Waals surface area contributed by atoms with E-state index in [1.807, 2.05) is 0 Å². The van der Waals surface area contributed by atoms with Gasteiger partial charge < -0.3 is 14.4 Å². The first-order valence-corrected chi connectivity index (χ1v) is 9.00. The zero-order chi connectivity index (χ0) is 14.8. The first-order valence-electron chi connectivity index (χ1n) is 8.18. The Balaban J connectivity index is 1.31. The van der Waals surface area contributed by atoms with Crippen LogP contribution < -0.4 is 4.90 Å². The van der Waals surface area contributed by atoms with Crippen LogP contribution in [0.1, 0.15) is 19.3 Å². The Morgan fingerprint density at radius 2 is 2.09 bits per heavy atom. The molecule has 0 bridgehead atoms. The van der Waals surface area contributed by atoms with Crippen molar-refractivity contribution in [3.63, 3.8) is 0 Å². The minimum absolute atomic E-state index is 0.409. The number of piperidine rings is 1. The van der Waals surface area contributed by atoms with Crippen LogP contribution in [0, 0.1) is 5.92 Å². The molecule has 5 heteroatoms. The largest absolute Gasteiger partial charge is 0.381 e. The molecule has 0 saturated carbocycles. The highest BCUT2D eigenvalue weighted by Gasteiger charge is 2.24. The van der Waals surface area contributed by atoms with Crippen LogP contribution in [0.4, 0.5) is 5.13 Å². The maximum Gasteiger partial charge on any atom is 0.186 e. The maximum atomic E-state index is 6.09. The molecule has 2 aliphatic heterocycles. The van der Waals surface area contributed by atoms with Crippen molar-refractivity contribution < 1.29 is 9.47 Å². The molecule has 0 spiro atoms. The number of thiazole rings is 1. The quantitative estimate of drug-likeness (QED) is 0.866. The Kier molecular flexibility index (Phi) is 4.28. The number of aromatic nitrogens is 1. The van der Waals surface area contributed by atoms with Gasteiger partial charge in [0.2, 0.25) is 0 Å². The fourth-order valence-corrected chi connectivity index (χ4v) is 4.21. The van der Waals surface area contributed by atoms with Gasteiger partial charge in [0.15, 0.2) is 5.13 Å². The zero-order valence-electron chi connectivity index (χ0n) is 12.7. The monoisotopic (exact) mass is 318 g/mol. The number of hydrogen-bond donors (Lipinski definition) is 0. The molecule has 0 aliphatic carbocycles. The normalized spacial score (nSPS) is 23.5. The van der Waals surface area contributed by atoms with Crippen molar-refractivity contribution >= 4 is 26.7 Å². The van der Waals surface area contributed by atoms with Crippen LogP contribution in [0.2, 0.25) is 0 Å². The molecular weight excluding hydrogens is 296 g/mol. The van der Waals surface area contributed by atoms with Crippen molar-refractivity contribution in [2.24, 2.45) is 5.92 Å². The predicted molar refractivity (Wildman–Crippen MR) is 89.7 cm³/mol. The highest BCUT2D eigenvalue weighted by Crippen LogP contribution is 2.30. The van der Waals surface area contributed by atoms with Gasteiger partial charge in [-0.05, 0) is 31.4 Å². The fraction of sp³-hybridized carbons (Fsp3) is 0.588. The summed E-state index contributed by atoms with van der Waals surface area (Å²) in [5.41, 5.74) is 1.11. The minimum Gasteiger partial charge on any atom is -0.381 e. The smallest absolute Gasteiger partial charge is 0.186 e. The van der Waals surface area contributed by atoms with Crippen molar-refractivity contribution in [1.29, 1.82) is 0 Å². The first kappa shape index (κ1) is 14.4. The number of benzene rings is 1. The highest BCUT2D eigenvalue weighted by atomic mass is 32.1. The van der Waals surface area contributed by atoms with Gasteiger partial charge >= 0.3 is 0 Å². The second kappa shape index (κ2) is 6.52. The third-order valence-corrected chi connectivity index (χ3v) is 5.68. The summed E-state index contributed by atoms with van der Waals surface area (Å²) in [4.78, 5) is 7.16. The van der Waals surface area contributed by atoms with Gasteiger partial charge in [0.1, 0.15) is 0 Å². The molecule has 2 aliphatic rings. The molecule has 2 saturated heterocycles. The Bertz CT molecular complexity index is 583. The van der Waals surface area contributed by atoms with Gasteiger partial charge in [0, 0.05) is 25.6 Å². The van der Waals surface area contributed by atoms with Crippen LogP contribution in [-0.2, 0) is 9.47 Å². The van der Waals surface area contributed by atoms with Crippen molar-refractivity contribution in [2.45, 2.75) is 25.4 Å². The van der Waals surface area contributed by atoms with Crippen molar-refractivity contribution in [1.82, 2.24) is 4.98 Å². The van der Waals surface area contributed by atoms with E-state index in [4.69, 9.17) is 14.5 Å². The number of ether oxygens (including phenoxy) is 2. The molecule has 118 valence electrons. The maximum absolute atomic E-state index is 6.09. The molecular formula is C17H22N2O2S. The first-order chi connectivity index (χ1) is 10.9. The molecule has 4 nitrogen and oxygen atoms in total. The molecule has 3 heterocycles. The summed E-state index contributed by atoms with van der Waals surface area (Å²) in [6, 6.07) is 8.38. The number of fused-ring (bicyclic) bond motifs is 1. The third-order valence-electron chi connectivity index (χ3n) is 4.59. The minimum atomic E-state index is 0.409. The number of rotatable bonds is 4. The molecule has 1 unspecified atom stereocenters. The van der Waals surface area contributed by atoms with Gasteiger partial charge in [0.25, 0.3) is 0 Å². The third kappa shape index (κ3) is 3.12. The standard InChI is InChI=1S/C17H22N2O2S/c1-2-4-16-15(3-1)18-17(22-16)19-8-5-14(6-9-19)21-12-13-7-10-20-11-13/h1-4,13-14H,5-12H2. The summed E-state index contributed by atoms with van der Waals surface area (Å²) in [6.45, 7) is 4.75. The van der Waals surface area contributed by atoms with Crippen LogP contribution in [0.5, 0.6) is 0 Å². The summed E-state index contributed by atoms with van der Waals surface area (Å²) < 4.78 is 12.8. The molecule has 1 atom stereocenters. The SMILES string of the molecule is c1ccc2sc(N3CCC(OCC4CCOC4)CC3)nc2c1. The lowest BCUT2D eigenvalue weighted by Gasteiger charge is -2.32. The summed E-state index contributed by atoms with van der Waals surface area (Å²) in [5, 5.41) is 1.16. The van der Waals surface area contributed by atoms with E-state index in [1.54, 1.807) is 11.3 Å². The van der Waals surface area contributed by atoms with Crippen molar-refractivity contribution in [3.05, 3.63) is 24.3 Å². The highest BCUT2D eigenvalue weighted by molar-refractivity contribution is 7.22. The summed E-state index contributed by atoms with van der Waals surface area (Å²) in [7, 11) is 0. The Morgan fingerprint density at radius 3 is 2.86 bits per heavy atom. The topological polar surface area (TPSA) is 34.6 Å². The molecule has 0 amide bonds. The lowest BCUT2D eigenvalue weighted by atomic mass is 10.1. The van der Waals surface area contributed by atoms with Crippen LogP contribution >= 0.6 is 11.3 Å². The molecule has 2 aromatic rings. The van der Waals surface area contributed by atoms with E-state index in [2.05, 4.69) is 29.2 Å². The van der Waals surface area contributed by atoms with E-state index in [-0.39, 0.29) is 0 Å².